The fourth-order valence-electron chi connectivity index (χ4n) is 3.48. The van der Waals surface area contributed by atoms with E-state index in [9.17, 15) is 18.0 Å². The maximum absolute atomic E-state index is 13.4. The van der Waals surface area contributed by atoms with Gasteiger partial charge in [-0.05, 0) is 29.8 Å². The van der Waals surface area contributed by atoms with Gasteiger partial charge >= 0.3 is 0 Å². The highest BCUT2D eigenvalue weighted by Gasteiger charge is 2.19. The summed E-state index contributed by atoms with van der Waals surface area (Å²) in [5.74, 6) is -0.289. The van der Waals surface area contributed by atoms with Gasteiger partial charge in [-0.1, -0.05) is 48.2 Å². The Kier molecular flexibility index (Phi) is 7.74. The van der Waals surface area contributed by atoms with Gasteiger partial charge in [0.25, 0.3) is 5.56 Å². The number of thioether (sulfide) groups is 1. The number of anilines is 1. The number of benzene rings is 2. The van der Waals surface area contributed by atoms with Crippen molar-refractivity contribution in [3.8, 4) is 11.1 Å². The summed E-state index contributed by atoms with van der Waals surface area (Å²) in [5.41, 5.74) is 2.06. The average molecular weight is 541 g/mol. The molecule has 0 aliphatic carbocycles. The Morgan fingerprint density at radius 2 is 1.86 bits per heavy atom. The van der Waals surface area contributed by atoms with Crippen LogP contribution in [0.15, 0.2) is 87.5 Å². The number of allylic oxidation sites excluding steroid dienone is 1. The fraction of sp³-hybridized carbons (Fsp3) is 0.160. The number of nitrogens with one attached hydrogen (secondary N) is 1. The number of thiophene rings is 1. The first-order valence-electron chi connectivity index (χ1n) is 10.9. The lowest BCUT2D eigenvalue weighted by Crippen LogP contribution is -2.23. The van der Waals surface area contributed by atoms with Gasteiger partial charge in [0, 0.05) is 37.3 Å². The van der Waals surface area contributed by atoms with Crippen molar-refractivity contribution in [3.05, 3.63) is 83.0 Å². The summed E-state index contributed by atoms with van der Waals surface area (Å²) in [6.07, 6.45) is 1.62. The number of sulfonamides is 1. The molecule has 11 heteroatoms. The van der Waals surface area contributed by atoms with Gasteiger partial charge in [0.1, 0.15) is 4.83 Å². The molecule has 0 spiro atoms. The summed E-state index contributed by atoms with van der Waals surface area (Å²) < 4.78 is 27.1. The number of rotatable bonds is 9. The van der Waals surface area contributed by atoms with Gasteiger partial charge in [0.2, 0.25) is 15.9 Å². The molecule has 0 aliphatic rings. The predicted molar refractivity (Wildman–Crippen MR) is 146 cm³/mol. The normalized spacial score (nSPS) is 11.6. The number of hydrogen-bond donors (Lipinski definition) is 1. The van der Waals surface area contributed by atoms with Crippen molar-refractivity contribution >= 4 is 54.9 Å². The smallest absolute Gasteiger partial charge is 0.263 e. The van der Waals surface area contributed by atoms with E-state index in [1.54, 1.807) is 6.08 Å². The Bertz CT molecular complexity index is 1580. The fourth-order valence-corrected chi connectivity index (χ4v) is 6.18. The molecular weight excluding hydrogens is 517 g/mol. The number of carbonyl (C=O) groups excluding carboxylic acids is 1. The molecule has 0 aliphatic heterocycles. The van der Waals surface area contributed by atoms with Crippen LogP contribution in [0.25, 0.3) is 21.3 Å². The molecular formula is C25H24N4O4S3. The number of amides is 1. The zero-order chi connectivity index (χ0) is 25.9. The molecule has 0 atom stereocenters. The molecule has 1 amide bonds. The van der Waals surface area contributed by atoms with E-state index in [-0.39, 0.29) is 28.7 Å². The largest absolute Gasteiger partial charge is 0.325 e. The number of hydrogen-bond acceptors (Lipinski definition) is 7. The standard InChI is InChI=1S/C25H24N4O4S3/c1-4-14-29-24(31)22-20(17-8-6-5-7-9-17)15-34-23(22)27-25(29)35-16-21(30)26-18-10-12-19(13-11-18)36(32,33)28(2)3/h4-13,15H,1,14,16H2,2-3H3,(H,26,30). The molecule has 186 valence electrons. The van der Waals surface area contributed by atoms with E-state index in [1.165, 1.54) is 54.3 Å². The molecule has 0 saturated heterocycles. The highest BCUT2D eigenvalue weighted by molar-refractivity contribution is 7.99. The summed E-state index contributed by atoms with van der Waals surface area (Å²) in [6, 6.07) is 15.6. The highest BCUT2D eigenvalue weighted by atomic mass is 32.2. The number of fused-ring (bicyclic) bond motifs is 1. The van der Waals surface area contributed by atoms with Crippen molar-refractivity contribution in [2.45, 2.75) is 16.6 Å². The van der Waals surface area contributed by atoms with Crippen LogP contribution in [0.5, 0.6) is 0 Å². The maximum atomic E-state index is 13.4. The topological polar surface area (TPSA) is 101 Å². The zero-order valence-electron chi connectivity index (χ0n) is 19.7. The van der Waals surface area contributed by atoms with Gasteiger partial charge in [0.15, 0.2) is 5.16 Å². The Balaban J connectivity index is 1.54. The monoisotopic (exact) mass is 540 g/mol. The molecule has 8 nitrogen and oxygen atoms in total. The van der Waals surface area contributed by atoms with E-state index in [4.69, 9.17) is 0 Å². The molecule has 1 N–H and O–H groups in total. The van der Waals surface area contributed by atoms with Crippen molar-refractivity contribution in [2.24, 2.45) is 0 Å². The Morgan fingerprint density at radius 3 is 2.50 bits per heavy atom. The lowest BCUT2D eigenvalue weighted by Gasteiger charge is -2.12. The van der Waals surface area contributed by atoms with Gasteiger partial charge < -0.3 is 5.32 Å². The summed E-state index contributed by atoms with van der Waals surface area (Å²) >= 11 is 2.55. The lowest BCUT2D eigenvalue weighted by atomic mass is 10.1. The molecule has 4 aromatic rings. The van der Waals surface area contributed by atoms with Crippen molar-refractivity contribution in [2.75, 3.05) is 25.2 Å². The molecule has 0 fully saturated rings. The van der Waals surface area contributed by atoms with E-state index in [2.05, 4.69) is 16.9 Å². The van der Waals surface area contributed by atoms with Gasteiger partial charge in [0.05, 0.1) is 16.0 Å². The minimum absolute atomic E-state index is 0.0176. The first kappa shape index (κ1) is 25.8. The highest BCUT2D eigenvalue weighted by Crippen LogP contribution is 2.32. The van der Waals surface area contributed by atoms with Crippen molar-refractivity contribution in [3.63, 3.8) is 0 Å². The van der Waals surface area contributed by atoms with Crippen molar-refractivity contribution < 1.29 is 13.2 Å². The molecule has 0 radical (unpaired) electrons. The van der Waals surface area contributed by atoms with Gasteiger partial charge in [-0.15, -0.1) is 17.9 Å². The maximum Gasteiger partial charge on any atom is 0.263 e. The summed E-state index contributed by atoms with van der Waals surface area (Å²) in [5, 5.41) is 5.65. The van der Waals surface area contributed by atoms with E-state index >= 15 is 0 Å². The lowest BCUT2D eigenvalue weighted by molar-refractivity contribution is -0.113. The summed E-state index contributed by atoms with van der Waals surface area (Å²) in [4.78, 5) is 31.4. The summed E-state index contributed by atoms with van der Waals surface area (Å²) in [7, 11) is -0.635. The van der Waals surface area contributed by atoms with Crippen LogP contribution >= 0.6 is 23.1 Å². The SMILES string of the molecule is C=CCn1c(SCC(=O)Nc2ccc(S(=O)(=O)N(C)C)cc2)nc2scc(-c3ccccc3)c2c1=O. The van der Waals surface area contributed by atoms with Gasteiger partial charge in [-0.3, -0.25) is 14.2 Å². The van der Waals surface area contributed by atoms with E-state index in [0.717, 1.165) is 27.2 Å². The third-order valence-corrected chi connectivity index (χ3v) is 8.98. The van der Waals surface area contributed by atoms with Crippen LogP contribution < -0.4 is 10.9 Å². The number of nitrogens with zero attached hydrogens (tertiary/aromatic N) is 3. The third kappa shape index (κ3) is 5.29. The summed E-state index contributed by atoms with van der Waals surface area (Å²) in [6.45, 7) is 4.01. The van der Waals surface area contributed by atoms with Crippen LogP contribution in [0.1, 0.15) is 0 Å². The van der Waals surface area contributed by atoms with Crippen molar-refractivity contribution in [1.82, 2.24) is 13.9 Å². The Morgan fingerprint density at radius 1 is 1.17 bits per heavy atom. The van der Waals surface area contributed by atoms with E-state index in [1.807, 2.05) is 35.7 Å². The molecule has 0 unspecified atom stereocenters. The zero-order valence-corrected chi connectivity index (χ0v) is 22.1. The van der Waals surface area contributed by atoms with Crippen LogP contribution in [-0.4, -0.2) is 48.0 Å². The second-order valence-electron chi connectivity index (χ2n) is 7.94. The van der Waals surface area contributed by atoms with Crippen LogP contribution in [0.4, 0.5) is 5.69 Å². The van der Waals surface area contributed by atoms with Gasteiger partial charge in [-0.2, -0.15) is 0 Å². The Hall–Kier alpha value is -3.25. The average Bonchev–Trinajstić information content (AvgIpc) is 3.30. The number of aromatic nitrogens is 2. The predicted octanol–water partition coefficient (Wildman–Crippen LogP) is 4.29. The molecule has 2 aromatic heterocycles. The first-order valence-corrected chi connectivity index (χ1v) is 14.2. The van der Waals surface area contributed by atoms with Crippen LogP contribution in [0, 0.1) is 0 Å². The van der Waals surface area contributed by atoms with Crippen LogP contribution in [-0.2, 0) is 21.4 Å². The molecule has 36 heavy (non-hydrogen) atoms. The third-order valence-electron chi connectivity index (χ3n) is 5.30. The quantitative estimate of drug-likeness (QED) is 0.193. The van der Waals surface area contributed by atoms with Crippen LogP contribution in [0.3, 0.4) is 0 Å². The minimum atomic E-state index is -3.55. The van der Waals surface area contributed by atoms with Gasteiger partial charge in [-0.25, -0.2) is 17.7 Å². The van der Waals surface area contributed by atoms with E-state index < -0.39 is 10.0 Å². The number of carbonyl (C=O) groups is 1. The molecule has 0 saturated carbocycles. The second kappa shape index (κ2) is 10.8. The van der Waals surface area contributed by atoms with E-state index in [0.29, 0.717) is 21.1 Å². The van der Waals surface area contributed by atoms with Crippen LogP contribution in [0.2, 0.25) is 0 Å². The molecule has 2 heterocycles. The van der Waals surface area contributed by atoms with Crippen molar-refractivity contribution in [1.29, 1.82) is 0 Å². The molecule has 2 aromatic carbocycles. The minimum Gasteiger partial charge on any atom is -0.325 e. The molecule has 4 rings (SSSR count). The Labute approximate surface area is 217 Å². The second-order valence-corrected chi connectivity index (χ2v) is 11.9. The molecule has 0 bridgehead atoms. The first-order chi connectivity index (χ1) is 17.2.